The van der Waals surface area contributed by atoms with Crippen molar-refractivity contribution in [3.05, 3.63) is 89.6 Å². The Kier molecular flexibility index (Phi) is 7.33. The predicted molar refractivity (Wildman–Crippen MR) is 137 cm³/mol. The number of hydrogen-bond donors (Lipinski definition) is 3. The van der Waals surface area contributed by atoms with Gasteiger partial charge >= 0.3 is 0 Å². The van der Waals surface area contributed by atoms with Gasteiger partial charge in [0.1, 0.15) is 5.75 Å². The highest BCUT2D eigenvalue weighted by molar-refractivity contribution is 5.98. The van der Waals surface area contributed by atoms with Gasteiger partial charge in [-0.05, 0) is 59.7 Å². The average molecular weight is 457 g/mol. The smallest absolute Gasteiger partial charge is 0.255 e. The molecule has 5 nitrogen and oxygen atoms in total. The van der Waals surface area contributed by atoms with Gasteiger partial charge in [-0.2, -0.15) is 0 Å². The van der Waals surface area contributed by atoms with Crippen LogP contribution in [-0.2, 0) is 6.42 Å². The Morgan fingerprint density at radius 2 is 1.82 bits per heavy atom. The first-order valence-corrected chi connectivity index (χ1v) is 11.8. The van der Waals surface area contributed by atoms with Gasteiger partial charge in [-0.1, -0.05) is 62.4 Å². The number of ether oxygens (including phenoxy) is 1. The average Bonchev–Trinajstić information content (AvgIpc) is 3.26. The molecule has 3 aromatic carbocycles. The number of nitrogens with one attached hydrogen (secondary N) is 2. The lowest BCUT2D eigenvalue weighted by molar-refractivity contribution is 0.0913. The van der Waals surface area contributed by atoms with E-state index in [9.17, 15) is 9.90 Å². The van der Waals surface area contributed by atoms with E-state index in [1.165, 1.54) is 5.56 Å². The lowest BCUT2D eigenvalue weighted by Gasteiger charge is -2.18. The van der Waals surface area contributed by atoms with Gasteiger partial charge in [-0.3, -0.25) is 4.79 Å². The zero-order valence-electron chi connectivity index (χ0n) is 20.0. The van der Waals surface area contributed by atoms with E-state index in [1.54, 1.807) is 0 Å². The van der Waals surface area contributed by atoms with Crippen molar-refractivity contribution < 1.29 is 14.6 Å². The number of hydrogen-bond acceptors (Lipinski definition) is 3. The van der Waals surface area contributed by atoms with Crippen LogP contribution in [0.2, 0.25) is 0 Å². The summed E-state index contributed by atoms with van der Waals surface area (Å²) >= 11 is 0. The van der Waals surface area contributed by atoms with Crippen molar-refractivity contribution in [1.29, 1.82) is 0 Å². The number of aliphatic hydroxyl groups is 1. The molecule has 0 saturated heterocycles. The number of carbonyl (C=O) groups is 1. The second-order valence-electron chi connectivity index (χ2n) is 8.84. The molecular formula is C29H32N2O3. The molecule has 0 aliphatic rings. The summed E-state index contributed by atoms with van der Waals surface area (Å²) in [6.45, 7) is 6.53. The van der Waals surface area contributed by atoms with E-state index in [-0.39, 0.29) is 12.5 Å². The highest BCUT2D eigenvalue weighted by Gasteiger charge is 2.19. The highest BCUT2D eigenvalue weighted by atomic mass is 16.5. The molecule has 0 aliphatic heterocycles. The van der Waals surface area contributed by atoms with Gasteiger partial charge in [0.2, 0.25) is 0 Å². The molecule has 34 heavy (non-hydrogen) atoms. The van der Waals surface area contributed by atoms with Gasteiger partial charge in [0, 0.05) is 17.1 Å². The monoisotopic (exact) mass is 456 g/mol. The van der Waals surface area contributed by atoms with E-state index in [2.05, 4.69) is 42.3 Å². The van der Waals surface area contributed by atoms with Crippen molar-refractivity contribution in [2.75, 3.05) is 13.2 Å². The van der Waals surface area contributed by atoms with Crippen molar-refractivity contribution in [3.8, 4) is 16.9 Å². The molecule has 1 heterocycles. The Morgan fingerprint density at radius 3 is 2.59 bits per heavy atom. The third-order valence-corrected chi connectivity index (χ3v) is 6.11. The minimum atomic E-state index is -0.422. The van der Waals surface area contributed by atoms with Crippen LogP contribution >= 0.6 is 0 Å². The third-order valence-electron chi connectivity index (χ3n) is 6.11. The number of carbonyl (C=O) groups excluding carboxylic acids is 1. The van der Waals surface area contributed by atoms with Crippen LogP contribution in [0.3, 0.4) is 0 Å². The molecular weight excluding hydrogens is 424 g/mol. The van der Waals surface area contributed by atoms with Gasteiger partial charge in [-0.25, -0.2) is 0 Å². The fourth-order valence-electron chi connectivity index (χ4n) is 4.24. The molecule has 0 bridgehead atoms. The molecule has 3 N–H and O–H groups in total. The Hall–Kier alpha value is -3.57. The summed E-state index contributed by atoms with van der Waals surface area (Å²) in [4.78, 5) is 16.6. The molecule has 0 radical (unpaired) electrons. The fraction of sp³-hybridized carbons (Fsp3) is 0.276. The second-order valence-corrected chi connectivity index (χ2v) is 8.84. The maximum absolute atomic E-state index is 13.4. The molecule has 0 saturated carbocycles. The van der Waals surface area contributed by atoms with Crippen LogP contribution < -0.4 is 10.1 Å². The summed E-state index contributed by atoms with van der Waals surface area (Å²) in [5.41, 5.74) is 5.81. The van der Waals surface area contributed by atoms with Crippen LogP contribution in [0.4, 0.5) is 0 Å². The molecule has 0 aliphatic carbocycles. The van der Waals surface area contributed by atoms with Crippen molar-refractivity contribution in [2.45, 2.75) is 39.2 Å². The van der Waals surface area contributed by atoms with Crippen molar-refractivity contribution in [1.82, 2.24) is 10.3 Å². The Balaban J connectivity index is 1.60. The van der Waals surface area contributed by atoms with Crippen molar-refractivity contribution in [3.63, 3.8) is 0 Å². The van der Waals surface area contributed by atoms with Gasteiger partial charge in [0.15, 0.2) is 0 Å². The lowest BCUT2D eigenvalue weighted by Crippen LogP contribution is -2.39. The Morgan fingerprint density at radius 1 is 1.03 bits per heavy atom. The highest BCUT2D eigenvalue weighted by Crippen LogP contribution is 2.29. The zero-order valence-corrected chi connectivity index (χ0v) is 20.0. The Labute approximate surface area is 200 Å². The van der Waals surface area contributed by atoms with E-state index in [0.29, 0.717) is 30.3 Å². The fourth-order valence-corrected chi connectivity index (χ4v) is 4.24. The summed E-state index contributed by atoms with van der Waals surface area (Å²) in [5.74, 6) is 0.692. The number of benzene rings is 3. The van der Waals surface area contributed by atoms with Crippen LogP contribution in [-0.4, -0.2) is 35.3 Å². The molecule has 1 aromatic heterocycles. The summed E-state index contributed by atoms with van der Waals surface area (Å²) in [5, 5.41) is 14.1. The van der Waals surface area contributed by atoms with Gasteiger partial charge in [-0.15, -0.1) is 0 Å². The van der Waals surface area contributed by atoms with Crippen LogP contribution in [0, 0.1) is 0 Å². The zero-order chi connectivity index (χ0) is 24.1. The summed E-state index contributed by atoms with van der Waals surface area (Å²) in [6, 6.07) is 21.7. The van der Waals surface area contributed by atoms with Crippen LogP contribution in [0.15, 0.2) is 72.9 Å². The molecule has 1 amide bonds. The maximum Gasteiger partial charge on any atom is 0.255 e. The number of amides is 1. The minimum absolute atomic E-state index is 0.161. The quantitative estimate of drug-likeness (QED) is 0.303. The van der Waals surface area contributed by atoms with E-state index in [4.69, 9.17) is 4.74 Å². The van der Waals surface area contributed by atoms with E-state index < -0.39 is 6.04 Å². The number of aromatic nitrogens is 1. The molecule has 1 unspecified atom stereocenters. The summed E-state index contributed by atoms with van der Waals surface area (Å²) in [7, 11) is 0. The number of para-hydroxylation sites is 1. The van der Waals surface area contributed by atoms with Gasteiger partial charge < -0.3 is 20.1 Å². The largest absolute Gasteiger partial charge is 0.493 e. The lowest BCUT2D eigenvalue weighted by atomic mass is 9.96. The minimum Gasteiger partial charge on any atom is -0.493 e. The van der Waals surface area contributed by atoms with E-state index in [1.807, 2.05) is 61.7 Å². The van der Waals surface area contributed by atoms with Crippen molar-refractivity contribution in [2.24, 2.45) is 0 Å². The van der Waals surface area contributed by atoms with E-state index in [0.717, 1.165) is 27.6 Å². The first-order chi connectivity index (χ1) is 16.5. The van der Waals surface area contributed by atoms with Crippen LogP contribution in [0.5, 0.6) is 5.75 Å². The maximum atomic E-state index is 13.4. The molecule has 0 fully saturated rings. The van der Waals surface area contributed by atoms with Gasteiger partial charge in [0.25, 0.3) is 5.91 Å². The molecule has 0 spiro atoms. The third kappa shape index (κ3) is 5.15. The standard InChI is InChI=1S/C29H32N2O3/c1-4-34-28-13-12-22(21-9-7-8-20(14-21)19(2)3)16-26(28)29(33)31-24(18-32)15-23-17-30-27-11-6-5-10-25(23)27/h5-14,16-17,19,24,30,32H,4,15,18H2,1-3H3,(H,31,33). The number of aromatic amines is 1. The molecule has 1 atom stereocenters. The van der Waals surface area contributed by atoms with Crippen LogP contribution in [0.25, 0.3) is 22.0 Å². The number of fused-ring (bicyclic) bond motifs is 1. The van der Waals surface area contributed by atoms with Crippen LogP contribution in [0.1, 0.15) is 48.2 Å². The topological polar surface area (TPSA) is 74.3 Å². The van der Waals surface area contributed by atoms with Crippen molar-refractivity contribution >= 4 is 16.8 Å². The summed E-state index contributed by atoms with van der Waals surface area (Å²) < 4.78 is 5.76. The molecule has 5 heteroatoms. The number of aliphatic hydroxyl groups excluding tert-OH is 1. The van der Waals surface area contributed by atoms with Gasteiger partial charge in [0.05, 0.1) is 24.8 Å². The SMILES string of the molecule is CCOc1ccc(-c2cccc(C(C)C)c2)cc1C(=O)NC(CO)Cc1c[nH]c2ccccc12. The first kappa shape index (κ1) is 23.6. The second kappa shape index (κ2) is 10.6. The Bertz CT molecular complexity index is 1280. The molecule has 4 rings (SSSR count). The number of H-pyrrole nitrogens is 1. The molecule has 4 aromatic rings. The first-order valence-electron chi connectivity index (χ1n) is 11.8. The normalized spacial score (nSPS) is 12.1. The summed E-state index contributed by atoms with van der Waals surface area (Å²) in [6.07, 6.45) is 2.46. The predicted octanol–water partition coefficient (Wildman–Crippen LogP) is 5.69. The van der Waals surface area contributed by atoms with E-state index >= 15 is 0 Å². The number of rotatable bonds is 9. The molecule has 176 valence electrons.